The summed E-state index contributed by atoms with van der Waals surface area (Å²) in [6.45, 7) is 3.71. The van der Waals surface area contributed by atoms with Crippen LogP contribution in [0, 0.1) is 0 Å². The molecule has 20 heavy (non-hydrogen) atoms. The van der Waals surface area contributed by atoms with Gasteiger partial charge in [0, 0.05) is 6.42 Å². The Morgan fingerprint density at radius 3 is 2.70 bits per heavy atom. The molecule has 1 amide bonds. The van der Waals surface area contributed by atoms with Gasteiger partial charge in [0.25, 0.3) is 0 Å². The molecule has 1 aromatic rings. The molecule has 0 bridgehead atoms. The van der Waals surface area contributed by atoms with E-state index in [-0.39, 0.29) is 5.91 Å². The van der Waals surface area contributed by atoms with Gasteiger partial charge in [0.05, 0.1) is 12.5 Å². The first-order chi connectivity index (χ1) is 9.83. The Morgan fingerprint density at radius 2 is 2.00 bits per heavy atom. The second kappa shape index (κ2) is 11.0. The first-order valence-electron chi connectivity index (χ1n) is 7.29. The Labute approximate surface area is 120 Å². The lowest BCUT2D eigenvalue weighted by atomic mass is 10.1. The van der Waals surface area contributed by atoms with E-state index in [1.54, 1.807) is 18.4 Å². The normalized spacial score (nSPS) is 10.8. The zero-order chi connectivity index (χ0) is 14.5. The Hall–Kier alpha value is -1.84. The van der Waals surface area contributed by atoms with Crippen LogP contribution in [0.15, 0.2) is 40.6 Å². The van der Waals surface area contributed by atoms with Crippen molar-refractivity contribution in [2.75, 3.05) is 0 Å². The van der Waals surface area contributed by atoms with E-state index in [1.165, 1.54) is 31.9 Å². The van der Waals surface area contributed by atoms with E-state index in [2.05, 4.69) is 17.1 Å². The number of nitrogens with one attached hydrogen (secondary N) is 1. The van der Waals surface area contributed by atoms with Crippen molar-refractivity contribution in [1.82, 2.24) is 5.43 Å². The van der Waals surface area contributed by atoms with Crippen molar-refractivity contribution in [3.8, 4) is 0 Å². The number of rotatable bonds is 11. The van der Waals surface area contributed by atoms with Crippen molar-refractivity contribution in [3.05, 3.63) is 36.8 Å². The number of hydrazone groups is 1. The molecule has 4 heteroatoms. The summed E-state index contributed by atoms with van der Waals surface area (Å²) in [5.41, 5.74) is 2.50. The van der Waals surface area contributed by atoms with Crippen LogP contribution in [0.2, 0.25) is 0 Å². The van der Waals surface area contributed by atoms with Crippen molar-refractivity contribution in [2.24, 2.45) is 5.10 Å². The molecule has 0 fully saturated rings. The molecule has 0 saturated heterocycles. The van der Waals surface area contributed by atoms with Crippen LogP contribution in [0.25, 0.3) is 0 Å². The summed E-state index contributed by atoms with van der Waals surface area (Å²) in [7, 11) is 0. The van der Waals surface area contributed by atoms with Gasteiger partial charge in [-0.2, -0.15) is 5.10 Å². The highest BCUT2D eigenvalue weighted by Crippen LogP contribution is 2.08. The molecule has 0 saturated carbocycles. The summed E-state index contributed by atoms with van der Waals surface area (Å²) in [6.07, 6.45) is 13.6. The minimum Gasteiger partial charge on any atom is -0.463 e. The van der Waals surface area contributed by atoms with Gasteiger partial charge in [-0.1, -0.05) is 31.8 Å². The molecule has 4 nitrogen and oxygen atoms in total. The second-order valence-corrected chi connectivity index (χ2v) is 4.76. The molecule has 0 radical (unpaired) electrons. The van der Waals surface area contributed by atoms with Gasteiger partial charge >= 0.3 is 0 Å². The van der Waals surface area contributed by atoms with Gasteiger partial charge in [0.2, 0.25) is 5.91 Å². The van der Waals surface area contributed by atoms with Gasteiger partial charge in [-0.25, -0.2) is 5.43 Å². The van der Waals surface area contributed by atoms with Gasteiger partial charge < -0.3 is 4.42 Å². The average Bonchev–Trinajstić information content (AvgIpc) is 2.95. The summed E-state index contributed by atoms with van der Waals surface area (Å²) >= 11 is 0. The Morgan fingerprint density at radius 1 is 1.25 bits per heavy atom. The van der Waals surface area contributed by atoms with Gasteiger partial charge in [-0.3, -0.25) is 4.79 Å². The lowest BCUT2D eigenvalue weighted by Crippen LogP contribution is -2.16. The Balaban J connectivity index is 1.94. The number of furan rings is 1. The monoisotopic (exact) mass is 276 g/mol. The van der Waals surface area contributed by atoms with E-state index in [1.807, 2.05) is 6.08 Å². The molecule has 0 spiro atoms. The third-order valence-electron chi connectivity index (χ3n) is 2.99. The van der Waals surface area contributed by atoms with Crippen molar-refractivity contribution in [1.29, 1.82) is 0 Å². The van der Waals surface area contributed by atoms with Gasteiger partial charge in [-0.15, -0.1) is 6.58 Å². The zero-order valence-electron chi connectivity index (χ0n) is 12.0. The van der Waals surface area contributed by atoms with Gasteiger partial charge in [0.1, 0.15) is 5.76 Å². The molecule has 0 unspecified atom stereocenters. The van der Waals surface area contributed by atoms with Crippen molar-refractivity contribution in [3.63, 3.8) is 0 Å². The van der Waals surface area contributed by atoms with Crippen LogP contribution < -0.4 is 5.43 Å². The highest BCUT2D eigenvalue weighted by Gasteiger charge is 1.99. The fraction of sp³-hybridized carbons (Fsp3) is 0.500. The molecule has 0 aromatic carbocycles. The predicted molar refractivity (Wildman–Crippen MR) is 81.6 cm³/mol. The quantitative estimate of drug-likeness (QED) is 0.287. The smallest absolute Gasteiger partial charge is 0.240 e. The average molecular weight is 276 g/mol. The Kier molecular flexibility index (Phi) is 8.94. The van der Waals surface area contributed by atoms with E-state index in [4.69, 9.17) is 4.42 Å². The first kappa shape index (κ1) is 16.2. The van der Waals surface area contributed by atoms with E-state index >= 15 is 0 Å². The molecule has 0 aliphatic rings. The van der Waals surface area contributed by atoms with Crippen LogP contribution in [0.3, 0.4) is 0 Å². The fourth-order valence-corrected chi connectivity index (χ4v) is 1.87. The van der Waals surface area contributed by atoms with Gasteiger partial charge in [0.15, 0.2) is 0 Å². The van der Waals surface area contributed by atoms with Crippen molar-refractivity contribution < 1.29 is 9.21 Å². The molecule has 1 heterocycles. The molecule has 0 atom stereocenters. The predicted octanol–water partition coefficient (Wildman–Crippen LogP) is 4.04. The number of nitrogens with zero attached hydrogens (tertiary/aromatic N) is 1. The molecular formula is C16H24N2O2. The lowest BCUT2D eigenvalue weighted by Gasteiger charge is -2.01. The van der Waals surface area contributed by atoms with E-state index in [9.17, 15) is 4.79 Å². The standard InChI is InChI=1S/C16H24N2O2/c1-2-3-4-5-6-7-8-9-12-16(19)18-17-14-15-11-10-13-20-15/h2,10-11,13-14H,1,3-9,12H2,(H,18,19)/b17-14-. The van der Waals surface area contributed by atoms with Crippen LogP contribution in [-0.4, -0.2) is 12.1 Å². The third-order valence-corrected chi connectivity index (χ3v) is 2.99. The fourth-order valence-electron chi connectivity index (χ4n) is 1.87. The maximum absolute atomic E-state index is 11.5. The van der Waals surface area contributed by atoms with Crippen LogP contribution in [0.5, 0.6) is 0 Å². The van der Waals surface area contributed by atoms with Crippen molar-refractivity contribution in [2.45, 2.75) is 51.4 Å². The number of unbranched alkanes of at least 4 members (excludes halogenated alkanes) is 6. The second-order valence-electron chi connectivity index (χ2n) is 4.76. The summed E-state index contributed by atoms with van der Waals surface area (Å²) in [5, 5.41) is 3.83. The molecule has 0 aliphatic carbocycles. The summed E-state index contributed by atoms with van der Waals surface area (Å²) < 4.78 is 5.06. The Bertz CT molecular complexity index is 397. The maximum Gasteiger partial charge on any atom is 0.240 e. The summed E-state index contributed by atoms with van der Waals surface area (Å²) in [5.74, 6) is 0.587. The SMILES string of the molecule is C=CCCCCCCCCC(=O)N/N=C\c1ccco1. The highest BCUT2D eigenvalue weighted by molar-refractivity contribution is 5.80. The molecule has 110 valence electrons. The highest BCUT2D eigenvalue weighted by atomic mass is 16.3. The van der Waals surface area contributed by atoms with Crippen LogP contribution >= 0.6 is 0 Å². The molecular weight excluding hydrogens is 252 g/mol. The lowest BCUT2D eigenvalue weighted by molar-refractivity contribution is -0.121. The molecule has 0 aliphatic heterocycles. The molecule has 1 N–H and O–H groups in total. The zero-order valence-corrected chi connectivity index (χ0v) is 12.0. The minimum atomic E-state index is -0.0422. The van der Waals surface area contributed by atoms with Crippen molar-refractivity contribution >= 4 is 12.1 Å². The van der Waals surface area contributed by atoms with Gasteiger partial charge in [-0.05, 0) is 31.4 Å². The van der Waals surface area contributed by atoms with Crippen LogP contribution in [0.1, 0.15) is 57.1 Å². The molecule has 1 aromatic heterocycles. The number of hydrogen-bond donors (Lipinski definition) is 1. The molecule has 1 rings (SSSR count). The number of carbonyl (C=O) groups excluding carboxylic acids is 1. The van der Waals surface area contributed by atoms with Crippen LogP contribution in [-0.2, 0) is 4.79 Å². The van der Waals surface area contributed by atoms with E-state index < -0.39 is 0 Å². The summed E-state index contributed by atoms with van der Waals surface area (Å²) in [6, 6.07) is 3.56. The van der Waals surface area contributed by atoms with E-state index in [0.717, 1.165) is 19.3 Å². The minimum absolute atomic E-state index is 0.0422. The number of amides is 1. The van der Waals surface area contributed by atoms with E-state index in [0.29, 0.717) is 12.2 Å². The number of carbonyl (C=O) groups is 1. The van der Waals surface area contributed by atoms with Crippen LogP contribution in [0.4, 0.5) is 0 Å². The number of allylic oxidation sites excluding steroid dienone is 1. The first-order valence-corrected chi connectivity index (χ1v) is 7.29. The third kappa shape index (κ3) is 8.29. The maximum atomic E-state index is 11.5. The topological polar surface area (TPSA) is 54.6 Å². The number of hydrogen-bond acceptors (Lipinski definition) is 3. The largest absolute Gasteiger partial charge is 0.463 e. The summed E-state index contributed by atoms with van der Waals surface area (Å²) in [4.78, 5) is 11.5.